The highest BCUT2D eigenvalue weighted by Gasteiger charge is 2.28. The molecule has 0 N–H and O–H groups in total. The van der Waals surface area contributed by atoms with E-state index in [1.165, 1.54) is 7.11 Å². The molecule has 1 aromatic carbocycles. The number of rotatable bonds is 7. The molecule has 1 aromatic rings. The van der Waals surface area contributed by atoms with Crippen molar-refractivity contribution < 1.29 is 22.7 Å². The van der Waals surface area contributed by atoms with Gasteiger partial charge in [-0.2, -0.15) is 0 Å². The second-order valence-electron chi connectivity index (χ2n) is 4.93. The smallest absolute Gasteiger partial charge is 0.311 e. The average Bonchev–Trinajstić information content (AvgIpc) is 2.46. The van der Waals surface area contributed by atoms with Gasteiger partial charge in [-0.25, -0.2) is 8.42 Å². The van der Waals surface area contributed by atoms with Gasteiger partial charge in [-0.05, 0) is 30.5 Å². The van der Waals surface area contributed by atoms with Crippen LogP contribution in [0, 0.1) is 5.92 Å². The van der Waals surface area contributed by atoms with Gasteiger partial charge in [-0.15, -0.1) is 0 Å². The highest BCUT2D eigenvalue weighted by molar-refractivity contribution is 7.90. The van der Waals surface area contributed by atoms with Crippen LogP contribution in [0.15, 0.2) is 29.2 Å². The highest BCUT2D eigenvalue weighted by atomic mass is 32.2. The Morgan fingerprint density at radius 2 is 1.76 bits per heavy atom. The van der Waals surface area contributed by atoms with E-state index in [0.717, 1.165) is 11.8 Å². The van der Waals surface area contributed by atoms with Crippen molar-refractivity contribution in [3.63, 3.8) is 0 Å². The first-order valence-corrected chi connectivity index (χ1v) is 8.62. The lowest BCUT2D eigenvalue weighted by Gasteiger charge is -2.23. The standard InChI is InChI=1S/C15H22O5S/c1-5-14(19-2)13(15(16)20-3)10-11-6-8-12(9-7-11)21(4,17)18/h6-9,13-14H,5,10H2,1-4H3. The number of carbonyl (C=O) groups is 1. The zero-order chi connectivity index (χ0) is 16.0. The lowest BCUT2D eigenvalue weighted by atomic mass is 9.92. The molecule has 21 heavy (non-hydrogen) atoms. The van der Waals surface area contributed by atoms with E-state index in [1.807, 2.05) is 6.92 Å². The van der Waals surface area contributed by atoms with Crippen LogP contribution in [0.1, 0.15) is 18.9 Å². The Bertz CT molecular complexity index is 558. The lowest BCUT2D eigenvalue weighted by molar-refractivity contribution is -0.150. The zero-order valence-corrected chi connectivity index (χ0v) is 13.6. The number of hydrogen-bond acceptors (Lipinski definition) is 5. The van der Waals surface area contributed by atoms with Gasteiger partial charge in [0, 0.05) is 13.4 Å². The number of benzene rings is 1. The van der Waals surface area contributed by atoms with Crippen LogP contribution in [0.4, 0.5) is 0 Å². The quantitative estimate of drug-likeness (QED) is 0.718. The van der Waals surface area contributed by atoms with E-state index in [1.54, 1.807) is 31.4 Å². The van der Waals surface area contributed by atoms with Crippen LogP contribution >= 0.6 is 0 Å². The van der Waals surface area contributed by atoms with Crippen molar-refractivity contribution in [3.05, 3.63) is 29.8 Å². The molecule has 0 aromatic heterocycles. The number of carbonyl (C=O) groups excluding carboxylic acids is 1. The van der Waals surface area contributed by atoms with E-state index < -0.39 is 15.8 Å². The highest BCUT2D eigenvalue weighted by Crippen LogP contribution is 2.20. The number of methoxy groups -OCH3 is 2. The second kappa shape index (κ2) is 7.56. The van der Waals surface area contributed by atoms with Crippen molar-refractivity contribution in [2.45, 2.75) is 30.8 Å². The van der Waals surface area contributed by atoms with Crippen molar-refractivity contribution >= 4 is 15.8 Å². The van der Waals surface area contributed by atoms with E-state index in [-0.39, 0.29) is 17.0 Å². The van der Waals surface area contributed by atoms with Crippen LogP contribution < -0.4 is 0 Å². The summed E-state index contributed by atoms with van der Waals surface area (Å²) in [5.74, 6) is -0.732. The summed E-state index contributed by atoms with van der Waals surface area (Å²) in [5, 5.41) is 0. The molecule has 0 saturated heterocycles. The number of ether oxygens (including phenoxy) is 2. The third-order valence-electron chi connectivity index (χ3n) is 3.46. The normalized spacial score (nSPS) is 14.5. The Labute approximate surface area is 126 Å². The van der Waals surface area contributed by atoms with Gasteiger partial charge in [-0.1, -0.05) is 19.1 Å². The molecule has 0 aliphatic carbocycles. The van der Waals surface area contributed by atoms with Crippen molar-refractivity contribution in [2.24, 2.45) is 5.92 Å². The molecule has 0 amide bonds. The summed E-state index contributed by atoms with van der Waals surface area (Å²) in [6.45, 7) is 1.94. The van der Waals surface area contributed by atoms with E-state index in [4.69, 9.17) is 9.47 Å². The third kappa shape index (κ3) is 4.82. The molecule has 0 saturated carbocycles. The summed E-state index contributed by atoms with van der Waals surface area (Å²) in [7, 11) is -0.293. The van der Waals surface area contributed by atoms with Crippen LogP contribution in [0.5, 0.6) is 0 Å². The van der Waals surface area contributed by atoms with Gasteiger partial charge in [0.25, 0.3) is 0 Å². The van der Waals surface area contributed by atoms with Gasteiger partial charge in [0.2, 0.25) is 0 Å². The van der Waals surface area contributed by atoms with Crippen molar-refractivity contribution in [3.8, 4) is 0 Å². The summed E-state index contributed by atoms with van der Waals surface area (Å²) in [6, 6.07) is 6.53. The molecular weight excluding hydrogens is 292 g/mol. The van der Waals surface area contributed by atoms with E-state index in [2.05, 4.69) is 0 Å². The molecule has 2 unspecified atom stereocenters. The number of sulfone groups is 1. The van der Waals surface area contributed by atoms with Gasteiger partial charge in [0.05, 0.1) is 24.0 Å². The number of esters is 1. The first-order chi connectivity index (χ1) is 9.83. The van der Waals surface area contributed by atoms with Crippen molar-refractivity contribution in [1.82, 2.24) is 0 Å². The molecule has 0 fully saturated rings. The monoisotopic (exact) mass is 314 g/mol. The molecule has 1 rings (SSSR count). The Morgan fingerprint density at radius 3 is 2.14 bits per heavy atom. The Kier molecular flexibility index (Phi) is 6.36. The lowest BCUT2D eigenvalue weighted by Crippen LogP contribution is -2.32. The zero-order valence-electron chi connectivity index (χ0n) is 12.8. The van der Waals surface area contributed by atoms with Gasteiger partial charge in [0.15, 0.2) is 9.84 Å². The minimum absolute atomic E-state index is 0.230. The van der Waals surface area contributed by atoms with Crippen LogP contribution in [-0.2, 0) is 30.5 Å². The van der Waals surface area contributed by atoms with E-state index >= 15 is 0 Å². The molecule has 0 radical (unpaired) electrons. The summed E-state index contributed by atoms with van der Waals surface area (Å²) in [4.78, 5) is 12.2. The third-order valence-corrected chi connectivity index (χ3v) is 4.59. The largest absolute Gasteiger partial charge is 0.469 e. The number of hydrogen-bond donors (Lipinski definition) is 0. The van der Waals surface area contributed by atoms with E-state index in [9.17, 15) is 13.2 Å². The summed E-state index contributed by atoms with van der Waals surface area (Å²) in [6.07, 6.45) is 2.07. The predicted molar refractivity (Wildman–Crippen MR) is 79.8 cm³/mol. The van der Waals surface area contributed by atoms with Gasteiger partial charge in [-0.3, -0.25) is 4.79 Å². The average molecular weight is 314 g/mol. The first kappa shape index (κ1) is 17.7. The van der Waals surface area contributed by atoms with Gasteiger partial charge in [0.1, 0.15) is 0 Å². The molecule has 0 spiro atoms. The minimum Gasteiger partial charge on any atom is -0.469 e. The fraction of sp³-hybridized carbons (Fsp3) is 0.533. The minimum atomic E-state index is -3.21. The molecule has 2 atom stereocenters. The molecule has 118 valence electrons. The molecule has 6 heteroatoms. The summed E-state index contributed by atoms with van der Waals surface area (Å²) in [5.41, 5.74) is 0.869. The van der Waals surface area contributed by atoms with E-state index in [0.29, 0.717) is 12.8 Å². The van der Waals surface area contributed by atoms with Crippen molar-refractivity contribution in [2.75, 3.05) is 20.5 Å². The fourth-order valence-corrected chi connectivity index (χ4v) is 2.89. The Hall–Kier alpha value is -1.40. The van der Waals surface area contributed by atoms with Gasteiger partial charge < -0.3 is 9.47 Å². The van der Waals surface area contributed by atoms with Crippen LogP contribution in [0.25, 0.3) is 0 Å². The molecule has 0 aliphatic heterocycles. The van der Waals surface area contributed by atoms with Gasteiger partial charge >= 0.3 is 5.97 Å². The predicted octanol–water partition coefficient (Wildman–Crippen LogP) is 1.85. The second-order valence-corrected chi connectivity index (χ2v) is 6.95. The van der Waals surface area contributed by atoms with Crippen molar-refractivity contribution in [1.29, 1.82) is 0 Å². The maximum atomic E-state index is 11.9. The SMILES string of the molecule is CCC(OC)C(Cc1ccc(S(C)(=O)=O)cc1)C(=O)OC. The van der Waals surface area contributed by atoms with Crippen LogP contribution in [-0.4, -0.2) is 41.0 Å². The summed E-state index contributed by atoms with van der Waals surface area (Å²) < 4.78 is 33.0. The molecule has 5 nitrogen and oxygen atoms in total. The fourth-order valence-electron chi connectivity index (χ4n) is 2.26. The Balaban J connectivity index is 2.96. The van der Waals surface area contributed by atoms with Crippen LogP contribution in [0.3, 0.4) is 0 Å². The molecule has 0 bridgehead atoms. The Morgan fingerprint density at radius 1 is 1.19 bits per heavy atom. The molecule has 0 heterocycles. The maximum Gasteiger partial charge on any atom is 0.311 e. The molecule has 0 aliphatic rings. The van der Waals surface area contributed by atoms with Crippen LogP contribution in [0.2, 0.25) is 0 Å². The summed E-state index contributed by atoms with van der Waals surface area (Å²) >= 11 is 0. The molecular formula is C15H22O5S. The maximum absolute atomic E-state index is 11.9. The topological polar surface area (TPSA) is 69.7 Å². The first-order valence-electron chi connectivity index (χ1n) is 6.73.